The molecule has 0 aliphatic carbocycles. The summed E-state index contributed by atoms with van der Waals surface area (Å²) in [5, 5.41) is 14.5. The number of carboxylic acid groups (broad SMARTS) is 1. The number of halogens is 1. The quantitative estimate of drug-likeness (QED) is 0.469. The molecule has 3 heterocycles. The second kappa shape index (κ2) is 6.55. The van der Waals surface area contributed by atoms with Crippen LogP contribution in [-0.2, 0) is 11.2 Å². The van der Waals surface area contributed by atoms with Crippen molar-refractivity contribution >= 4 is 28.5 Å². The van der Waals surface area contributed by atoms with Gasteiger partial charge < -0.3 is 14.5 Å². The number of H-pyrrole nitrogens is 1. The lowest BCUT2D eigenvalue weighted by Gasteiger charge is -2.27. The summed E-state index contributed by atoms with van der Waals surface area (Å²) in [6.45, 7) is 0. The Kier molecular flexibility index (Phi) is 4.00. The number of benzene rings is 2. The van der Waals surface area contributed by atoms with Crippen molar-refractivity contribution in [2.24, 2.45) is 0 Å². The topological polar surface area (TPSA) is 78.3 Å². The lowest BCUT2D eigenvalue weighted by atomic mass is 9.93. The van der Waals surface area contributed by atoms with E-state index in [4.69, 9.17) is 16.0 Å². The third kappa shape index (κ3) is 2.80. The third-order valence-electron chi connectivity index (χ3n) is 5.23. The summed E-state index contributed by atoms with van der Waals surface area (Å²) in [6.07, 6.45) is 0.424. The molecule has 5 nitrogen and oxygen atoms in total. The number of hydrogen-bond acceptors (Lipinski definition) is 3. The SMILES string of the molecule is O=C(O)[C@@H]1Cc2c([nH]c3ccccc23)[C@H](c2ccc(-c3cccc(Cl)c3)o2)N1. The fourth-order valence-electron chi connectivity index (χ4n) is 3.92. The molecule has 0 spiro atoms. The van der Waals surface area contributed by atoms with Crippen LogP contribution >= 0.6 is 11.6 Å². The molecular formula is C22H17ClN2O3. The van der Waals surface area contributed by atoms with Crippen LogP contribution in [-0.4, -0.2) is 22.1 Å². The summed E-state index contributed by atoms with van der Waals surface area (Å²) in [4.78, 5) is 15.2. The van der Waals surface area contributed by atoms with Crippen molar-refractivity contribution in [2.45, 2.75) is 18.5 Å². The van der Waals surface area contributed by atoms with E-state index in [1.165, 1.54) is 0 Å². The minimum absolute atomic E-state index is 0.370. The Hall–Kier alpha value is -3.02. The molecule has 2 aromatic carbocycles. The summed E-state index contributed by atoms with van der Waals surface area (Å²) in [5.74, 6) is 0.477. The molecule has 6 heteroatoms. The number of carbonyl (C=O) groups is 1. The highest BCUT2D eigenvalue weighted by molar-refractivity contribution is 6.30. The number of aromatic nitrogens is 1. The van der Waals surface area contributed by atoms with Gasteiger partial charge in [0, 0.05) is 33.6 Å². The number of para-hydroxylation sites is 1. The molecule has 140 valence electrons. The van der Waals surface area contributed by atoms with Crippen LogP contribution in [0.4, 0.5) is 0 Å². The Balaban J connectivity index is 1.61. The molecule has 0 bridgehead atoms. The van der Waals surface area contributed by atoms with Crippen molar-refractivity contribution in [3.63, 3.8) is 0 Å². The predicted octanol–water partition coefficient (Wildman–Crippen LogP) is 4.77. The Morgan fingerprint density at radius 3 is 2.79 bits per heavy atom. The van der Waals surface area contributed by atoms with Gasteiger partial charge in [0.2, 0.25) is 0 Å². The minimum atomic E-state index is -0.873. The Morgan fingerprint density at radius 2 is 1.96 bits per heavy atom. The number of furan rings is 1. The summed E-state index contributed by atoms with van der Waals surface area (Å²) in [5.41, 5.74) is 3.84. The van der Waals surface area contributed by atoms with Gasteiger partial charge in [-0.15, -0.1) is 0 Å². The molecule has 0 unspecified atom stereocenters. The molecule has 5 rings (SSSR count). The van der Waals surface area contributed by atoms with Crippen molar-refractivity contribution in [3.05, 3.63) is 82.7 Å². The monoisotopic (exact) mass is 392 g/mol. The van der Waals surface area contributed by atoms with E-state index in [-0.39, 0.29) is 6.04 Å². The first-order valence-corrected chi connectivity index (χ1v) is 9.42. The number of rotatable bonds is 3. The van der Waals surface area contributed by atoms with Crippen molar-refractivity contribution in [3.8, 4) is 11.3 Å². The molecular weight excluding hydrogens is 376 g/mol. The van der Waals surface area contributed by atoms with Gasteiger partial charge in [-0.25, -0.2) is 0 Å². The maximum absolute atomic E-state index is 11.7. The van der Waals surface area contributed by atoms with Crippen LogP contribution in [0.2, 0.25) is 5.02 Å². The van der Waals surface area contributed by atoms with Gasteiger partial charge in [-0.2, -0.15) is 0 Å². The zero-order valence-corrected chi connectivity index (χ0v) is 15.5. The maximum atomic E-state index is 11.7. The van der Waals surface area contributed by atoms with E-state index >= 15 is 0 Å². The van der Waals surface area contributed by atoms with E-state index in [2.05, 4.69) is 10.3 Å². The van der Waals surface area contributed by atoms with Gasteiger partial charge in [-0.3, -0.25) is 10.1 Å². The van der Waals surface area contributed by atoms with Crippen molar-refractivity contribution in [1.82, 2.24) is 10.3 Å². The summed E-state index contributed by atoms with van der Waals surface area (Å²) >= 11 is 6.09. The molecule has 1 aliphatic rings. The number of nitrogens with one attached hydrogen (secondary N) is 2. The molecule has 28 heavy (non-hydrogen) atoms. The van der Waals surface area contributed by atoms with E-state index in [0.717, 1.165) is 27.7 Å². The lowest BCUT2D eigenvalue weighted by Crippen LogP contribution is -2.44. The van der Waals surface area contributed by atoms with Crippen molar-refractivity contribution < 1.29 is 14.3 Å². The molecule has 0 amide bonds. The Morgan fingerprint density at radius 1 is 1.11 bits per heavy atom. The largest absolute Gasteiger partial charge is 0.480 e. The van der Waals surface area contributed by atoms with Gasteiger partial charge >= 0.3 is 5.97 Å². The summed E-state index contributed by atoms with van der Waals surface area (Å²) in [7, 11) is 0. The zero-order chi connectivity index (χ0) is 19.3. The number of aliphatic carboxylic acids is 1. The smallest absolute Gasteiger partial charge is 0.321 e. The third-order valence-corrected chi connectivity index (χ3v) is 5.47. The highest BCUT2D eigenvalue weighted by Crippen LogP contribution is 2.37. The second-order valence-electron chi connectivity index (χ2n) is 6.97. The summed E-state index contributed by atoms with van der Waals surface area (Å²) in [6, 6.07) is 18.1. The lowest BCUT2D eigenvalue weighted by molar-refractivity contribution is -0.139. The Labute approximate surface area is 165 Å². The predicted molar refractivity (Wildman–Crippen MR) is 108 cm³/mol. The summed E-state index contributed by atoms with van der Waals surface area (Å²) < 4.78 is 6.11. The van der Waals surface area contributed by atoms with E-state index < -0.39 is 12.0 Å². The standard InChI is InChI=1S/C22H17ClN2O3/c23-13-5-3-4-12(10-13)18-8-9-19(28-18)21-20-15(11-17(25-21)22(26)27)14-6-1-2-7-16(14)24-20/h1-10,17,21,24-25H,11H2,(H,26,27)/t17-,21-/m0/s1. The fraction of sp³-hybridized carbons (Fsp3) is 0.136. The average Bonchev–Trinajstić information content (AvgIpc) is 3.32. The molecule has 0 radical (unpaired) electrons. The molecule has 0 fully saturated rings. The van der Waals surface area contributed by atoms with Crippen LogP contribution in [0.25, 0.3) is 22.2 Å². The van der Waals surface area contributed by atoms with Crippen LogP contribution in [0.5, 0.6) is 0 Å². The second-order valence-corrected chi connectivity index (χ2v) is 7.41. The van der Waals surface area contributed by atoms with Gasteiger partial charge in [0.15, 0.2) is 0 Å². The normalized spacial score (nSPS) is 18.9. The molecule has 4 aromatic rings. The zero-order valence-electron chi connectivity index (χ0n) is 14.8. The van der Waals surface area contributed by atoms with Crippen LogP contribution < -0.4 is 5.32 Å². The molecule has 3 N–H and O–H groups in total. The number of hydrogen-bond donors (Lipinski definition) is 3. The highest BCUT2D eigenvalue weighted by atomic mass is 35.5. The van der Waals surface area contributed by atoms with Crippen LogP contribution in [0, 0.1) is 0 Å². The van der Waals surface area contributed by atoms with Gasteiger partial charge in [0.05, 0.1) is 0 Å². The average molecular weight is 393 g/mol. The number of aromatic amines is 1. The molecule has 0 saturated heterocycles. The highest BCUT2D eigenvalue weighted by Gasteiger charge is 2.35. The van der Waals surface area contributed by atoms with E-state index in [1.54, 1.807) is 0 Å². The minimum Gasteiger partial charge on any atom is -0.480 e. The molecule has 2 aromatic heterocycles. The molecule has 1 aliphatic heterocycles. The Bertz CT molecular complexity index is 1190. The van der Waals surface area contributed by atoms with Crippen LogP contribution in [0.15, 0.2) is 65.1 Å². The van der Waals surface area contributed by atoms with Crippen molar-refractivity contribution in [1.29, 1.82) is 0 Å². The first-order valence-electron chi connectivity index (χ1n) is 9.04. The van der Waals surface area contributed by atoms with Gasteiger partial charge in [0.25, 0.3) is 0 Å². The first kappa shape index (κ1) is 17.1. The number of carboxylic acids is 1. The maximum Gasteiger partial charge on any atom is 0.321 e. The molecule has 2 atom stereocenters. The van der Waals surface area contributed by atoms with Gasteiger partial charge in [-0.1, -0.05) is 41.9 Å². The van der Waals surface area contributed by atoms with Crippen LogP contribution in [0.1, 0.15) is 23.1 Å². The fourth-order valence-corrected chi connectivity index (χ4v) is 4.11. The van der Waals surface area contributed by atoms with E-state index in [0.29, 0.717) is 23.0 Å². The first-order chi connectivity index (χ1) is 13.6. The van der Waals surface area contributed by atoms with E-state index in [1.807, 2.05) is 60.7 Å². The van der Waals surface area contributed by atoms with Gasteiger partial charge in [-0.05, 0) is 35.9 Å². The van der Waals surface area contributed by atoms with Gasteiger partial charge in [0.1, 0.15) is 23.6 Å². The van der Waals surface area contributed by atoms with Crippen LogP contribution in [0.3, 0.4) is 0 Å². The number of fused-ring (bicyclic) bond motifs is 3. The van der Waals surface area contributed by atoms with E-state index in [9.17, 15) is 9.90 Å². The molecule has 0 saturated carbocycles. The van der Waals surface area contributed by atoms with Crippen molar-refractivity contribution in [2.75, 3.05) is 0 Å².